The van der Waals surface area contributed by atoms with Gasteiger partial charge in [-0.25, -0.2) is 0 Å². The lowest BCUT2D eigenvalue weighted by Gasteiger charge is -2.50. The second kappa shape index (κ2) is 4.08. The van der Waals surface area contributed by atoms with Crippen molar-refractivity contribution in [1.29, 1.82) is 0 Å². The van der Waals surface area contributed by atoms with E-state index < -0.39 is 54.2 Å². The van der Waals surface area contributed by atoms with Crippen LogP contribution in [-0.2, 0) is 0 Å². The van der Waals surface area contributed by atoms with Crippen LogP contribution in [0, 0.1) is 17.3 Å². The fraction of sp³-hybridized carbons (Fsp3) is 0.818. The highest BCUT2D eigenvalue weighted by atomic mass is 19.4. The molecule has 0 spiro atoms. The van der Waals surface area contributed by atoms with E-state index in [9.17, 15) is 44.6 Å². The van der Waals surface area contributed by atoms with E-state index in [0.29, 0.717) is 6.08 Å². The summed E-state index contributed by atoms with van der Waals surface area (Å²) in [4.78, 5) is 0. The molecule has 21 heavy (non-hydrogen) atoms. The zero-order valence-corrected chi connectivity index (χ0v) is 10.1. The number of hydrogen-bond donors (Lipinski definition) is 1. The van der Waals surface area contributed by atoms with Crippen molar-refractivity contribution in [1.82, 2.24) is 0 Å². The number of hydrogen-bond acceptors (Lipinski definition) is 1. The van der Waals surface area contributed by atoms with Crippen LogP contribution < -0.4 is 0 Å². The molecule has 10 heteroatoms. The molecule has 3 unspecified atom stereocenters. The first-order chi connectivity index (χ1) is 9.18. The SMILES string of the molecule is OC(C(F)(F)F)(C(F)(F)F)C1(C(F)(F)F)CC2C=CC1C2. The van der Waals surface area contributed by atoms with Gasteiger partial charge in [0.2, 0.25) is 0 Å². The lowest BCUT2D eigenvalue weighted by molar-refractivity contribution is -0.444. The molecule has 2 aliphatic rings. The lowest BCUT2D eigenvalue weighted by atomic mass is 9.62. The third-order valence-electron chi connectivity index (χ3n) is 4.36. The van der Waals surface area contributed by atoms with Crippen LogP contribution in [0.15, 0.2) is 12.2 Å². The molecule has 0 amide bonds. The molecule has 0 radical (unpaired) electrons. The van der Waals surface area contributed by atoms with Crippen LogP contribution in [0.2, 0.25) is 0 Å². The Morgan fingerprint density at radius 3 is 1.57 bits per heavy atom. The van der Waals surface area contributed by atoms with E-state index in [0.717, 1.165) is 6.08 Å². The van der Waals surface area contributed by atoms with Gasteiger partial charge in [0.05, 0.1) is 0 Å². The fourth-order valence-corrected chi connectivity index (χ4v) is 3.47. The topological polar surface area (TPSA) is 20.2 Å². The third kappa shape index (κ3) is 1.83. The molecular weight excluding hydrogens is 319 g/mol. The van der Waals surface area contributed by atoms with Crippen molar-refractivity contribution in [3.8, 4) is 0 Å². The summed E-state index contributed by atoms with van der Waals surface area (Å²) < 4.78 is 117. The maximum atomic E-state index is 13.2. The zero-order chi connectivity index (χ0) is 16.5. The molecule has 0 aromatic rings. The molecule has 0 aliphatic heterocycles. The minimum absolute atomic E-state index is 0.492. The van der Waals surface area contributed by atoms with Crippen molar-refractivity contribution < 1.29 is 44.6 Å². The Hall–Kier alpha value is -0.930. The molecule has 1 fully saturated rings. The zero-order valence-electron chi connectivity index (χ0n) is 10.1. The molecule has 1 N–H and O–H groups in total. The first kappa shape index (κ1) is 16.4. The van der Waals surface area contributed by atoms with Crippen molar-refractivity contribution in [3.63, 3.8) is 0 Å². The number of rotatable bonds is 1. The van der Waals surface area contributed by atoms with Crippen LogP contribution in [0.5, 0.6) is 0 Å². The second-order valence-corrected chi connectivity index (χ2v) is 5.37. The molecule has 0 aromatic heterocycles. The Bertz CT molecular complexity index is 444. The van der Waals surface area contributed by atoms with Gasteiger partial charge in [0.15, 0.2) is 0 Å². The average molecular weight is 328 g/mol. The summed E-state index contributed by atoms with van der Waals surface area (Å²) in [5.41, 5.74) is -10.1. The molecule has 1 saturated carbocycles. The number of allylic oxidation sites excluding steroid dienone is 2. The summed E-state index contributed by atoms with van der Waals surface area (Å²) in [7, 11) is 0. The molecule has 2 bridgehead atoms. The van der Waals surface area contributed by atoms with Crippen LogP contribution in [0.4, 0.5) is 39.5 Å². The summed E-state index contributed by atoms with van der Waals surface area (Å²) in [6.07, 6.45) is -19.0. The van der Waals surface area contributed by atoms with E-state index in [-0.39, 0.29) is 0 Å². The van der Waals surface area contributed by atoms with E-state index in [1.807, 2.05) is 0 Å². The largest absolute Gasteiger partial charge is 0.427 e. The monoisotopic (exact) mass is 328 g/mol. The van der Waals surface area contributed by atoms with E-state index in [4.69, 9.17) is 0 Å². The molecule has 0 aromatic carbocycles. The quantitative estimate of drug-likeness (QED) is 0.570. The number of alkyl halides is 9. The number of fused-ring (bicyclic) bond motifs is 2. The molecule has 0 saturated heterocycles. The first-order valence-corrected chi connectivity index (χ1v) is 5.79. The van der Waals surface area contributed by atoms with Gasteiger partial charge in [-0.05, 0) is 24.7 Å². The van der Waals surface area contributed by atoms with E-state index in [1.54, 1.807) is 0 Å². The Kier molecular flexibility index (Phi) is 3.19. The Morgan fingerprint density at radius 1 is 0.857 bits per heavy atom. The van der Waals surface area contributed by atoms with Crippen LogP contribution in [0.3, 0.4) is 0 Å². The lowest BCUT2D eigenvalue weighted by Crippen LogP contribution is -2.72. The standard InChI is InChI=1S/C11H9F9O/c12-9(13,14)7(4-5-1-2-6(7)3-5)8(21,10(15,16)17)11(18,19)20/h1-2,5-6,21H,3-4H2. The van der Waals surface area contributed by atoms with Crippen molar-refractivity contribution in [2.24, 2.45) is 17.3 Å². The van der Waals surface area contributed by atoms with Gasteiger partial charge < -0.3 is 5.11 Å². The second-order valence-electron chi connectivity index (χ2n) is 5.37. The van der Waals surface area contributed by atoms with Gasteiger partial charge in [0, 0.05) is 0 Å². The van der Waals surface area contributed by atoms with Crippen LogP contribution >= 0.6 is 0 Å². The van der Waals surface area contributed by atoms with Gasteiger partial charge in [0.1, 0.15) is 5.41 Å². The van der Waals surface area contributed by atoms with Gasteiger partial charge >= 0.3 is 18.5 Å². The van der Waals surface area contributed by atoms with E-state index in [2.05, 4.69) is 0 Å². The van der Waals surface area contributed by atoms with Crippen LogP contribution in [-0.4, -0.2) is 29.2 Å². The first-order valence-electron chi connectivity index (χ1n) is 5.79. The van der Waals surface area contributed by atoms with Gasteiger partial charge in [0.25, 0.3) is 5.60 Å². The van der Waals surface area contributed by atoms with Crippen LogP contribution in [0.25, 0.3) is 0 Å². The predicted molar refractivity (Wildman–Crippen MR) is 50.9 cm³/mol. The minimum atomic E-state index is -6.50. The Labute approximate surface area is 112 Å². The maximum absolute atomic E-state index is 13.2. The van der Waals surface area contributed by atoms with Gasteiger partial charge in [-0.1, -0.05) is 12.2 Å². The summed E-state index contributed by atoms with van der Waals surface area (Å²) in [6, 6.07) is 0. The molecular formula is C11H9F9O. The van der Waals surface area contributed by atoms with Gasteiger partial charge in [-0.15, -0.1) is 0 Å². The summed E-state index contributed by atoms with van der Waals surface area (Å²) in [5.74, 6) is -3.12. The van der Waals surface area contributed by atoms with Gasteiger partial charge in [-0.2, -0.15) is 39.5 Å². The predicted octanol–water partition coefficient (Wildman–Crippen LogP) is 3.99. The molecule has 1 nitrogen and oxygen atoms in total. The summed E-state index contributed by atoms with van der Waals surface area (Å²) in [6.45, 7) is 0. The molecule has 2 rings (SSSR count). The fourth-order valence-electron chi connectivity index (χ4n) is 3.47. The Morgan fingerprint density at radius 2 is 1.33 bits per heavy atom. The average Bonchev–Trinajstić information content (AvgIpc) is 2.83. The van der Waals surface area contributed by atoms with E-state index in [1.165, 1.54) is 0 Å². The molecule has 3 atom stereocenters. The van der Waals surface area contributed by atoms with Crippen molar-refractivity contribution >= 4 is 0 Å². The summed E-state index contributed by atoms with van der Waals surface area (Å²) in [5, 5.41) is 9.29. The third-order valence-corrected chi connectivity index (χ3v) is 4.36. The van der Waals surface area contributed by atoms with Crippen molar-refractivity contribution in [3.05, 3.63) is 12.2 Å². The summed E-state index contributed by atoms with van der Waals surface area (Å²) >= 11 is 0. The molecule has 0 heterocycles. The molecule has 122 valence electrons. The van der Waals surface area contributed by atoms with Gasteiger partial charge in [-0.3, -0.25) is 0 Å². The van der Waals surface area contributed by atoms with Crippen molar-refractivity contribution in [2.45, 2.75) is 37.0 Å². The van der Waals surface area contributed by atoms with Crippen LogP contribution in [0.1, 0.15) is 12.8 Å². The van der Waals surface area contributed by atoms with Crippen molar-refractivity contribution in [2.75, 3.05) is 0 Å². The molecule has 2 aliphatic carbocycles. The number of halogens is 9. The Balaban J connectivity index is 2.74. The highest BCUT2D eigenvalue weighted by molar-refractivity contribution is 5.26. The number of aliphatic hydroxyl groups is 1. The highest BCUT2D eigenvalue weighted by Gasteiger charge is 2.88. The normalized spacial score (nSPS) is 33.8. The minimum Gasteiger partial charge on any atom is -0.373 e. The smallest absolute Gasteiger partial charge is 0.373 e. The highest BCUT2D eigenvalue weighted by Crippen LogP contribution is 2.70. The van der Waals surface area contributed by atoms with E-state index >= 15 is 0 Å². The maximum Gasteiger partial charge on any atom is 0.427 e.